The quantitative estimate of drug-likeness (QED) is 0.844. The van der Waals surface area contributed by atoms with Crippen molar-refractivity contribution in [3.05, 3.63) is 36.2 Å². The second-order valence-electron chi connectivity index (χ2n) is 5.26. The van der Waals surface area contributed by atoms with Crippen LogP contribution in [0.2, 0.25) is 0 Å². The van der Waals surface area contributed by atoms with Crippen molar-refractivity contribution in [2.24, 2.45) is 0 Å². The third kappa shape index (κ3) is 2.87. The first-order valence-electron chi connectivity index (χ1n) is 6.64. The van der Waals surface area contributed by atoms with Gasteiger partial charge in [-0.2, -0.15) is 0 Å². The topological polar surface area (TPSA) is 76.1 Å². The highest BCUT2D eigenvalue weighted by atomic mass is 32.2. The van der Waals surface area contributed by atoms with E-state index in [1.54, 1.807) is 6.20 Å². The average Bonchev–Trinajstić information content (AvgIpc) is 2.35. The molecular formula is C14H16N4O2S. The molecule has 0 amide bonds. The van der Waals surface area contributed by atoms with E-state index < -0.39 is 9.84 Å². The molecule has 1 aliphatic heterocycles. The van der Waals surface area contributed by atoms with Crippen molar-refractivity contribution in [2.75, 3.05) is 24.2 Å². The molecule has 0 saturated carbocycles. The van der Waals surface area contributed by atoms with E-state index in [2.05, 4.69) is 15.0 Å². The van der Waals surface area contributed by atoms with E-state index in [9.17, 15) is 8.42 Å². The molecule has 1 saturated heterocycles. The third-order valence-electron chi connectivity index (χ3n) is 3.51. The second-order valence-corrected chi connectivity index (χ2v) is 7.59. The number of anilines is 1. The van der Waals surface area contributed by atoms with Gasteiger partial charge in [0, 0.05) is 37.3 Å². The van der Waals surface area contributed by atoms with Crippen molar-refractivity contribution in [2.45, 2.75) is 12.2 Å². The minimum absolute atomic E-state index is 0.300. The van der Waals surface area contributed by atoms with Gasteiger partial charge in [0.1, 0.15) is 11.5 Å². The molecule has 2 aromatic rings. The van der Waals surface area contributed by atoms with Crippen molar-refractivity contribution in [3.63, 3.8) is 0 Å². The highest BCUT2D eigenvalue weighted by molar-refractivity contribution is 7.91. The summed E-state index contributed by atoms with van der Waals surface area (Å²) < 4.78 is 23.0. The molecule has 3 heterocycles. The first-order valence-corrected chi connectivity index (χ1v) is 8.60. The predicted molar refractivity (Wildman–Crippen MR) is 80.8 cm³/mol. The van der Waals surface area contributed by atoms with Gasteiger partial charge in [-0.3, -0.25) is 4.98 Å². The Hall–Kier alpha value is -2.02. The number of hydrogen-bond acceptors (Lipinski definition) is 6. The summed E-state index contributed by atoms with van der Waals surface area (Å²) in [4.78, 5) is 15.1. The van der Waals surface area contributed by atoms with Crippen LogP contribution in [0.4, 0.5) is 5.82 Å². The predicted octanol–water partition coefficient (Wildman–Crippen LogP) is 1.08. The average molecular weight is 304 g/mol. The minimum Gasteiger partial charge on any atom is -0.354 e. The van der Waals surface area contributed by atoms with Crippen LogP contribution in [0.5, 0.6) is 0 Å². The molecule has 3 rings (SSSR count). The Morgan fingerprint density at radius 3 is 2.62 bits per heavy atom. The number of aromatic nitrogens is 3. The van der Waals surface area contributed by atoms with Crippen LogP contribution in [0.1, 0.15) is 5.69 Å². The molecule has 0 aliphatic carbocycles. The van der Waals surface area contributed by atoms with Gasteiger partial charge < -0.3 is 4.90 Å². The van der Waals surface area contributed by atoms with Crippen molar-refractivity contribution in [3.8, 4) is 11.5 Å². The smallest absolute Gasteiger partial charge is 0.180 e. The van der Waals surface area contributed by atoms with E-state index in [1.165, 1.54) is 6.26 Å². The third-order valence-corrected chi connectivity index (χ3v) is 5.02. The normalized spacial score (nSPS) is 15.8. The maximum Gasteiger partial charge on any atom is 0.180 e. The standard InChI is InChI=1S/C14H16N4O2S/c1-10-7-13(18-8-11(9-18)21(2,19)20)17-14(16-10)12-5-3-4-6-15-12/h3-7,11H,8-9H2,1-2H3. The van der Waals surface area contributed by atoms with Gasteiger partial charge in [0.15, 0.2) is 15.7 Å². The summed E-state index contributed by atoms with van der Waals surface area (Å²) in [6.45, 7) is 2.86. The zero-order valence-electron chi connectivity index (χ0n) is 11.9. The maximum absolute atomic E-state index is 11.5. The summed E-state index contributed by atoms with van der Waals surface area (Å²) >= 11 is 0. The van der Waals surface area contributed by atoms with Crippen LogP contribution in [-0.2, 0) is 9.84 Å². The fraction of sp³-hybridized carbons (Fsp3) is 0.357. The Morgan fingerprint density at radius 1 is 1.24 bits per heavy atom. The lowest BCUT2D eigenvalue weighted by atomic mass is 10.2. The second kappa shape index (κ2) is 5.07. The highest BCUT2D eigenvalue weighted by Crippen LogP contribution is 2.25. The van der Waals surface area contributed by atoms with Crippen molar-refractivity contribution in [1.82, 2.24) is 15.0 Å². The maximum atomic E-state index is 11.5. The Labute approximate surface area is 123 Å². The van der Waals surface area contributed by atoms with Crippen molar-refractivity contribution >= 4 is 15.7 Å². The monoisotopic (exact) mass is 304 g/mol. The van der Waals surface area contributed by atoms with Gasteiger partial charge in [-0.15, -0.1) is 0 Å². The van der Waals surface area contributed by atoms with Gasteiger partial charge in [-0.1, -0.05) is 6.07 Å². The molecule has 2 aromatic heterocycles. The molecule has 21 heavy (non-hydrogen) atoms. The molecule has 1 aliphatic rings. The lowest BCUT2D eigenvalue weighted by Gasteiger charge is -2.38. The van der Waals surface area contributed by atoms with Crippen LogP contribution in [-0.4, -0.2) is 48.0 Å². The van der Waals surface area contributed by atoms with Crippen LogP contribution < -0.4 is 4.90 Å². The lowest BCUT2D eigenvalue weighted by molar-refractivity contribution is 0.544. The van der Waals surface area contributed by atoms with Gasteiger partial charge in [0.05, 0.1) is 5.25 Å². The first kappa shape index (κ1) is 13.9. The summed E-state index contributed by atoms with van der Waals surface area (Å²) in [7, 11) is -2.98. The lowest BCUT2D eigenvalue weighted by Crippen LogP contribution is -2.54. The molecule has 0 N–H and O–H groups in total. The molecule has 1 fully saturated rings. The fourth-order valence-electron chi connectivity index (χ4n) is 2.22. The molecule has 0 spiro atoms. The van der Waals surface area contributed by atoms with E-state index in [0.29, 0.717) is 24.6 Å². The van der Waals surface area contributed by atoms with Gasteiger partial charge in [-0.05, 0) is 19.1 Å². The molecule has 0 bridgehead atoms. The van der Waals surface area contributed by atoms with E-state index in [4.69, 9.17) is 0 Å². The molecule has 0 atom stereocenters. The van der Waals surface area contributed by atoms with Gasteiger partial charge in [0.25, 0.3) is 0 Å². The zero-order valence-corrected chi connectivity index (χ0v) is 12.7. The van der Waals surface area contributed by atoms with Crippen LogP contribution >= 0.6 is 0 Å². The largest absolute Gasteiger partial charge is 0.354 e. The number of nitrogens with zero attached hydrogens (tertiary/aromatic N) is 4. The highest BCUT2D eigenvalue weighted by Gasteiger charge is 2.35. The van der Waals surface area contributed by atoms with Gasteiger partial charge in [-0.25, -0.2) is 18.4 Å². The van der Waals surface area contributed by atoms with E-state index in [1.807, 2.05) is 36.1 Å². The molecule has 0 aromatic carbocycles. The molecule has 110 valence electrons. The molecule has 6 nitrogen and oxygen atoms in total. The molecule has 0 radical (unpaired) electrons. The Kier molecular flexibility index (Phi) is 3.36. The Bertz CT molecular complexity index is 756. The number of rotatable bonds is 3. The van der Waals surface area contributed by atoms with Crippen LogP contribution in [0.3, 0.4) is 0 Å². The molecular weight excluding hydrogens is 288 g/mol. The molecule has 7 heteroatoms. The van der Waals surface area contributed by atoms with Gasteiger partial charge in [0.2, 0.25) is 0 Å². The number of hydrogen-bond donors (Lipinski definition) is 0. The Morgan fingerprint density at radius 2 is 2.00 bits per heavy atom. The van der Waals surface area contributed by atoms with E-state index in [-0.39, 0.29) is 5.25 Å². The van der Waals surface area contributed by atoms with Crippen LogP contribution in [0, 0.1) is 6.92 Å². The Balaban J connectivity index is 1.87. The number of pyridine rings is 1. The van der Waals surface area contributed by atoms with Crippen molar-refractivity contribution < 1.29 is 8.42 Å². The summed E-state index contributed by atoms with van der Waals surface area (Å²) in [5.74, 6) is 1.32. The first-order chi connectivity index (χ1) is 9.93. The summed E-state index contributed by atoms with van der Waals surface area (Å²) in [6.07, 6.45) is 2.98. The summed E-state index contributed by atoms with van der Waals surface area (Å²) in [5, 5.41) is -0.300. The van der Waals surface area contributed by atoms with Gasteiger partial charge >= 0.3 is 0 Å². The number of sulfone groups is 1. The van der Waals surface area contributed by atoms with Crippen LogP contribution in [0.25, 0.3) is 11.5 Å². The van der Waals surface area contributed by atoms with E-state index >= 15 is 0 Å². The van der Waals surface area contributed by atoms with Crippen LogP contribution in [0.15, 0.2) is 30.5 Å². The SMILES string of the molecule is Cc1cc(N2CC(S(C)(=O)=O)C2)nc(-c2ccccn2)n1. The molecule has 0 unspecified atom stereocenters. The van der Waals surface area contributed by atoms with Crippen molar-refractivity contribution in [1.29, 1.82) is 0 Å². The zero-order chi connectivity index (χ0) is 15.0. The van der Waals surface area contributed by atoms with E-state index in [0.717, 1.165) is 11.5 Å². The minimum atomic E-state index is -2.98. The summed E-state index contributed by atoms with van der Waals surface area (Å²) in [6, 6.07) is 7.45. The summed E-state index contributed by atoms with van der Waals surface area (Å²) in [5.41, 5.74) is 1.55. The fourth-order valence-corrected chi connectivity index (χ4v) is 3.12. The number of aryl methyl sites for hydroxylation is 1.